The Morgan fingerprint density at radius 2 is 2.17 bits per heavy atom. The number of imidazole rings is 1. The average Bonchev–Trinajstić information content (AvgIpc) is 3.17. The Bertz CT molecular complexity index is 940. The maximum atomic E-state index is 11.6. The summed E-state index contributed by atoms with van der Waals surface area (Å²) >= 11 is 0. The predicted molar refractivity (Wildman–Crippen MR) is 83.2 cm³/mol. The molecule has 1 aliphatic rings. The number of fused-ring (bicyclic) bond motifs is 3. The second kappa shape index (κ2) is 4.87. The number of methoxy groups -OCH3 is 1. The molecule has 3 aromatic rings. The number of nitrogens with one attached hydrogen (secondary N) is 1. The highest BCUT2D eigenvalue weighted by atomic mass is 16.5. The van der Waals surface area contributed by atoms with E-state index >= 15 is 0 Å². The SMILES string of the molecule is COC(=O)c1ccc(C2N=C(N)Nc3nc4ccccc4n32)o1. The average molecular weight is 311 g/mol. The van der Waals surface area contributed by atoms with Crippen molar-refractivity contribution in [3.05, 3.63) is 47.9 Å². The molecule has 3 heterocycles. The van der Waals surface area contributed by atoms with E-state index in [0.717, 1.165) is 11.0 Å². The summed E-state index contributed by atoms with van der Waals surface area (Å²) in [6.07, 6.45) is -0.544. The molecule has 1 atom stereocenters. The number of furan rings is 1. The maximum absolute atomic E-state index is 11.6. The summed E-state index contributed by atoms with van der Waals surface area (Å²) in [5, 5.41) is 2.94. The molecule has 1 aliphatic heterocycles. The van der Waals surface area contributed by atoms with Gasteiger partial charge in [0.15, 0.2) is 17.9 Å². The number of nitrogens with two attached hydrogens (primary N) is 1. The minimum atomic E-state index is -0.544. The van der Waals surface area contributed by atoms with E-state index in [9.17, 15) is 4.79 Å². The standard InChI is InChI=1S/C15H13N5O3/c1-22-13(21)11-7-6-10(23-11)12-18-14(16)19-15-17-8-4-2-3-5-9(8)20(12)15/h2-7,12H,1H3,(H3,16,17,18,19). The van der Waals surface area contributed by atoms with Gasteiger partial charge in [0.25, 0.3) is 0 Å². The van der Waals surface area contributed by atoms with Gasteiger partial charge in [0.2, 0.25) is 11.7 Å². The molecule has 0 amide bonds. The zero-order valence-electron chi connectivity index (χ0n) is 12.2. The van der Waals surface area contributed by atoms with Crippen LogP contribution in [0.25, 0.3) is 11.0 Å². The molecule has 1 unspecified atom stereocenters. The third kappa shape index (κ3) is 2.03. The van der Waals surface area contributed by atoms with Crippen molar-refractivity contribution in [2.75, 3.05) is 12.4 Å². The molecule has 4 rings (SSSR count). The molecule has 116 valence electrons. The number of guanidine groups is 1. The van der Waals surface area contributed by atoms with Crippen LogP contribution in [0.1, 0.15) is 22.5 Å². The number of esters is 1. The highest BCUT2D eigenvalue weighted by Crippen LogP contribution is 2.33. The topological polar surface area (TPSA) is 108 Å². The number of nitrogens with zero attached hydrogens (tertiary/aromatic N) is 3. The third-order valence-electron chi connectivity index (χ3n) is 3.61. The van der Waals surface area contributed by atoms with Crippen LogP contribution in [0.15, 0.2) is 45.8 Å². The summed E-state index contributed by atoms with van der Waals surface area (Å²) in [7, 11) is 1.30. The van der Waals surface area contributed by atoms with Gasteiger partial charge in [0, 0.05) is 0 Å². The summed E-state index contributed by atoms with van der Waals surface area (Å²) in [6, 6.07) is 10.9. The van der Waals surface area contributed by atoms with Gasteiger partial charge in [-0.3, -0.25) is 9.88 Å². The molecule has 0 bridgehead atoms. The molecule has 0 radical (unpaired) electrons. The van der Waals surface area contributed by atoms with Crippen molar-refractivity contribution in [1.29, 1.82) is 0 Å². The Kier molecular flexibility index (Phi) is 2.83. The Morgan fingerprint density at radius 3 is 3.00 bits per heavy atom. The maximum Gasteiger partial charge on any atom is 0.373 e. The summed E-state index contributed by atoms with van der Waals surface area (Å²) in [4.78, 5) is 20.4. The van der Waals surface area contributed by atoms with Crippen LogP contribution in [0.3, 0.4) is 0 Å². The van der Waals surface area contributed by atoms with E-state index in [0.29, 0.717) is 11.7 Å². The van der Waals surface area contributed by atoms with E-state index in [-0.39, 0.29) is 11.7 Å². The number of ether oxygens (including phenoxy) is 1. The van der Waals surface area contributed by atoms with Gasteiger partial charge in [-0.1, -0.05) is 12.1 Å². The van der Waals surface area contributed by atoms with Crippen LogP contribution in [0, 0.1) is 0 Å². The van der Waals surface area contributed by atoms with Crippen LogP contribution in [0.2, 0.25) is 0 Å². The Morgan fingerprint density at radius 1 is 1.35 bits per heavy atom. The second-order valence-corrected chi connectivity index (χ2v) is 5.00. The fourth-order valence-electron chi connectivity index (χ4n) is 2.61. The third-order valence-corrected chi connectivity index (χ3v) is 3.61. The predicted octanol–water partition coefficient (Wildman–Crippen LogP) is 1.70. The van der Waals surface area contributed by atoms with Crippen LogP contribution in [0.4, 0.5) is 5.95 Å². The molecule has 0 fully saturated rings. The zero-order valence-corrected chi connectivity index (χ0v) is 12.2. The van der Waals surface area contributed by atoms with Gasteiger partial charge in [-0.15, -0.1) is 0 Å². The van der Waals surface area contributed by atoms with E-state index in [1.807, 2.05) is 28.8 Å². The lowest BCUT2D eigenvalue weighted by atomic mass is 10.3. The van der Waals surface area contributed by atoms with Gasteiger partial charge in [-0.05, 0) is 24.3 Å². The largest absolute Gasteiger partial charge is 0.463 e. The summed E-state index contributed by atoms with van der Waals surface area (Å²) in [5.41, 5.74) is 7.54. The molecule has 8 heteroatoms. The molecule has 0 aliphatic carbocycles. The minimum absolute atomic E-state index is 0.112. The Labute approximate surface area is 130 Å². The molecule has 8 nitrogen and oxygen atoms in total. The molecular weight excluding hydrogens is 298 g/mol. The normalized spacial score (nSPS) is 16.6. The van der Waals surface area contributed by atoms with E-state index in [1.54, 1.807) is 12.1 Å². The highest BCUT2D eigenvalue weighted by molar-refractivity contribution is 5.94. The first-order valence-electron chi connectivity index (χ1n) is 6.92. The molecule has 0 spiro atoms. The first-order valence-corrected chi connectivity index (χ1v) is 6.92. The smallest absolute Gasteiger partial charge is 0.373 e. The number of anilines is 1. The summed E-state index contributed by atoms with van der Waals surface area (Å²) in [5.74, 6) is 0.839. The van der Waals surface area contributed by atoms with Gasteiger partial charge in [0.1, 0.15) is 0 Å². The van der Waals surface area contributed by atoms with Crippen molar-refractivity contribution in [1.82, 2.24) is 9.55 Å². The molecule has 0 saturated heterocycles. The number of aromatic nitrogens is 2. The molecule has 23 heavy (non-hydrogen) atoms. The summed E-state index contributed by atoms with van der Waals surface area (Å²) < 4.78 is 12.1. The Hall–Kier alpha value is -3.29. The molecular formula is C15H13N5O3. The molecule has 2 aromatic heterocycles. The fourth-order valence-corrected chi connectivity index (χ4v) is 2.61. The molecule has 0 saturated carbocycles. The number of benzene rings is 1. The number of hydrogen-bond donors (Lipinski definition) is 2. The lowest BCUT2D eigenvalue weighted by Gasteiger charge is -2.21. The lowest BCUT2D eigenvalue weighted by Crippen LogP contribution is -2.31. The number of carbonyl (C=O) groups excluding carboxylic acids is 1. The van der Waals surface area contributed by atoms with Gasteiger partial charge in [-0.2, -0.15) is 0 Å². The number of aliphatic imine (C=N–C) groups is 1. The van der Waals surface area contributed by atoms with E-state index in [1.165, 1.54) is 7.11 Å². The number of carbonyl (C=O) groups is 1. The van der Waals surface area contributed by atoms with Gasteiger partial charge < -0.3 is 14.9 Å². The fraction of sp³-hybridized carbons (Fsp3) is 0.133. The van der Waals surface area contributed by atoms with Crippen LogP contribution in [-0.4, -0.2) is 28.6 Å². The van der Waals surface area contributed by atoms with Crippen LogP contribution >= 0.6 is 0 Å². The first-order chi connectivity index (χ1) is 11.2. The monoisotopic (exact) mass is 311 g/mol. The lowest BCUT2D eigenvalue weighted by molar-refractivity contribution is 0.0562. The number of hydrogen-bond acceptors (Lipinski definition) is 7. The van der Waals surface area contributed by atoms with Crippen LogP contribution in [-0.2, 0) is 4.74 Å². The first kappa shape index (κ1) is 13.4. The van der Waals surface area contributed by atoms with Gasteiger partial charge in [0.05, 0.1) is 18.1 Å². The van der Waals surface area contributed by atoms with Crippen molar-refractivity contribution < 1.29 is 13.9 Å². The molecule has 1 aromatic carbocycles. The quantitative estimate of drug-likeness (QED) is 0.697. The van der Waals surface area contributed by atoms with Crippen molar-refractivity contribution in [3.63, 3.8) is 0 Å². The van der Waals surface area contributed by atoms with Crippen molar-refractivity contribution in [3.8, 4) is 0 Å². The molecule has 3 N–H and O–H groups in total. The van der Waals surface area contributed by atoms with E-state index < -0.39 is 12.1 Å². The summed E-state index contributed by atoms with van der Waals surface area (Å²) in [6.45, 7) is 0. The minimum Gasteiger partial charge on any atom is -0.463 e. The van der Waals surface area contributed by atoms with Crippen LogP contribution < -0.4 is 11.1 Å². The Balaban J connectivity index is 1.87. The number of rotatable bonds is 2. The van der Waals surface area contributed by atoms with Crippen molar-refractivity contribution in [2.45, 2.75) is 6.17 Å². The zero-order chi connectivity index (χ0) is 16.0. The number of para-hydroxylation sites is 2. The van der Waals surface area contributed by atoms with Gasteiger partial charge >= 0.3 is 5.97 Å². The van der Waals surface area contributed by atoms with Crippen molar-refractivity contribution >= 4 is 28.9 Å². The van der Waals surface area contributed by atoms with E-state index in [2.05, 4.69) is 20.0 Å². The second-order valence-electron chi connectivity index (χ2n) is 5.00. The van der Waals surface area contributed by atoms with Crippen LogP contribution in [0.5, 0.6) is 0 Å². The van der Waals surface area contributed by atoms with Gasteiger partial charge in [-0.25, -0.2) is 14.8 Å². The van der Waals surface area contributed by atoms with E-state index in [4.69, 9.17) is 10.2 Å². The van der Waals surface area contributed by atoms with Crippen molar-refractivity contribution in [2.24, 2.45) is 10.7 Å². The highest BCUT2D eigenvalue weighted by Gasteiger charge is 2.28.